The third kappa shape index (κ3) is 5.95. The summed E-state index contributed by atoms with van der Waals surface area (Å²) >= 11 is 0. The molecule has 1 rings (SSSR count). The second-order valence-corrected chi connectivity index (χ2v) is 5.43. The Morgan fingerprint density at radius 3 is 2.38 bits per heavy atom. The first-order chi connectivity index (χ1) is 9.93. The second kappa shape index (κ2) is 8.42. The van der Waals surface area contributed by atoms with Gasteiger partial charge in [-0.15, -0.1) is 0 Å². The predicted octanol–water partition coefficient (Wildman–Crippen LogP) is 2.18. The van der Waals surface area contributed by atoms with Gasteiger partial charge < -0.3 is 15.7 Å². The lowest BCUT2D eigenvalue weighted by Crippen LogP contribution is -2.35. The minimum absolute atomic E-state index is 0.162. The van der Waals surface area contributed by atoms with Crippen molar-refractivity contribution in [2.75, 3.05) is 18.0 Å². The molecule has 0 aliphatic rings. The standard InChI is InChI=1S/C16H24N2O3/c1-12-3-6-14(7-4-12)18(11-16(20)21)15(19)8-5-13(2)9-10-17/h3-4,6-7,13H,5,8-11,17H2,1-2H3,(H,20,21). The van der Waals surface area contributed by atoms with Crippen LogP contribution in [0.15, 0.2) is 24.3 Å². The minimum atomic E-state index is -1.01. The second-order valence-electron chi connectivity index (χ2n) is 5.43. The van der Waals surface area contributed by atoms with Gasteiger partial charge in [0, 0.05) is 12.1 Å². The smallest absolute Gasteiger partial charge is 0.323 e. The number of nitrogens with zero attached hydrogens (tertiary/aromatic N) is 1. The van der Waals surface area contributed by atoms with Crippen LogP contribution in [0.2, 0.25) is 0 Å². The molecule has 5 nitrogen and oxygen atoms in total. The highest BCUT2D eigenvalue weighted by atomic mass is 16.4. The Kier molecular flexibility index (Phi) is 6.88. The van der Waals surface area contributed by atoms with Crippen molar-refractivity contribution in [1.82, 2.24) is 0 Å². The van der Waals surface area contributed by atoms with E-state index < -0.39 is 5.97 Å². The van der Waals surface area contributed by atoms with Crippen LogP contribution in [0.3, 0.4) is 0 Å². The molecule has 0 bridgehead atoms. The van der Waals surface area contributed by atoms with Gasteiger partial charge in [-0.3, -0.25) is 9.59 Å². The van der Waals surface area contributed by atoms with Gasteiger partial charge >= 0.3 is 5.97 Å². The summed E-state index contributed by atoms with van der Waals surface area (Å²) in [5, 5.41) is 9.00. The summed E-state index contributed by atoms with van der Waals surface area (Å²) in [7, 11) is 0. The zero-order chi connectivity index (χ0) is 15.8. The Balaban J connectivity index is 2.75. The number of rotatable bonds is 8. The normalized spacial score (nSPS) is 12.0. The molecule has 116 valence electrons. The van der Waals surface area contributed by atoms with E-state index in [4.69, 9.17) is 10.8 Å². The summed E-state index contributed by atoms with van der Waals surface area (Å²) in [4.78, 5) is 24.6. The van der Waals surface area contributed by atoms with Crippen LogP contribution in [-0.4, -0.2) is 30.1 Å². The molecule has 0 radical (unpaired) electrons. The third-order valence-corrected chi connectivity index (χ3v) is 3.45. The number of benzene rings is 1. The number of aliphatic carboxylic acids is 1. The largest absolute Gasteiger partial charge is 0.480 e. The maximum Gasteiger partial charge on any atom is 0.323 e. The van der Waals surface area contributed by atoms with E-state index in [2.05, 4.69) is 0 Å². The van der Waals surface area contributed by atoms with E-state index in [0.717, 1.165) is 18.4 Å². The van der Waals surface area contributed by atoms with E-state index in [9.17, 15) is 9.59 Å². The molecule has 1 unspecified atom stereocenters. The molecule has 1 aromatic rings. The molecule has 21 heavy (non-hydrogen) atoms. The highest BCUT2D eigenvalue weighted by Crippen LogP contribution is 2.18. The van der Waals surface area contributed by atoms with Gasteiger partial charge in [0.1, 0.15) is 6.54 Å². The first-order valence-corrected chi connectivity index (χ1v) is 7.23. The van der Waals surface area contributed by atoms with Crippen molar-refractivity contribution in [3.8, 4) is 0 Å². The molecular formula is C16H24N2O3. The lowest BCUT2D eigenvalue weighted by molar-refractivity contribution is -0.136. The summed E-state index contributed by atoms with van der Waals surface area (Å²) in [5.74, 6) is -0.812. The molecule has 1 amide bonds. The van der Waals surface area contributed by atoms with E-state index in [0.29, 0.717) is 24.6 Å². The van der Waals surface area contributed by atoms with Crippen molar-refractivity contribution in [3.63, 3.8) is 0 Å². The van der Waals surface area contributed by atoms with E-state index in [1.807, 2.05) is 26.0 Å². The molecule has 0 aliphatic carbocycles. The molecule has 0 saturated carbocycles. The Hall–Kier alpha value is -1.88. The molecule has 0 fully saturated rings. The lowest BCUT2D eigenvalue weighted by atomic mass is 10.0. The van der Waals surface area contributed by atoms with Gasteiger partial charge in [-0.25, -0.2) is 0 Å². The Morgan fingerprint density at radius 2 is 1.86 bits per heavy atom. The van der Waals surface area contributed by atoms with E-state index >= 15 is 0 Å². The summed E-state index contributed by atoms with van der Waals surface area (Å²) in [6.07, 6.45) is 1.93. The molecular weight excluding hydrogens is 268 g/mol. The topological polar surface area (TPSA) is 83.6 Å². The van der Waals surface area contributed by atoms with Gasteiger partial charge in [0.15, 0.2) is 0 Å². The number of hydrogen-bond acceptors (Lipinski definition) is 3. The van der Waals surface area contributed by atoms with Crippen molar-refractivity contribution in [2.45, 2.75) is 33.1 Å². The minimum Gasteiger partial charge on any atom is -0.480 e. The first kappa shape index (κ1) is 17.2. The number of amides is 1. The monoisotopic (exact) mass is 292 g/mol. The SMILES string of the molecule is Cc1ccc(N(CC(=O)O)C(=O)CCC(C)CCN)cc1. The molecule has 0 aromatic heterocycles. The van der Waals surface area contributed by atoms with Crippen molar-refractivity contribution in [2.24, 2.45) is 11.7 Å². The van der Waals surface area contributed by atoms with Crippen LogP contribution in [-0.2, 0) is 9.59 Å². The molecule has 0 spiro atoms. The number of nitrogens with two attached hydrogens (primary N) is 1. The van der Waals surface area contributed by atoms with Crippen LogP contribution in [0.5, 0.6) is 0 Å². The third-order valence-electron chi connectivity index (χ3n) is 3.45. The number of carbonyl (C=O) groups excluding carboxylic acids is 1. The number of hydrogen-bond donors (Lipinski definition) is 2. The summed E-state index contributed by atoms with van der Waals surface area (Å²) < 4.78 is 0. The zero-order valence-corrected chi connectivity index (χ0v) is 12.7. The quantitative estimate of drug-likeness (QED) is 0.769. The average Bonchev–Trinajstić information content (AvgIpc) is 2.43. The average molecular weight is 292 g/mol. The molecule has 1 atom stereocenters. The fourth-order valence-electron chi connectivity index (χ4n) is 2.12. The lowest BCUT2D eigenvalue weighted by Gasteiger charge is -2.22. The maximum atomic E-state index is 12.3. The van der Waals surface area contributed by atoms with E-state index in [1.54, 1.807) is 12.1 Å². The zero-order valence-electron chi connectivity index (χ0n) is 12.7. The van der Waals surface area contributed by atoms with Gasteiger partial charge in [0.25, 0.3) is 0 Å². The van der Waals surface area contributed by atoms with Gasteiger partial charge in [-0.05, 0) is 44.4 Å². The Bertz CT molecular complexity index is 471. The van der Waals surface area contributed by atoms with Crippen LogP contribution in [0.25, 0.3) is 0 Å². The maximum absolute atomic E-state index is 12.3. The number of carboxylic acid groups (broad SMARTS) is 1. The van der Waals surface area contributed by atoms with Crippen LogP contribution in [0, 0.1) is 12.8 Å². The van der Waals surface area contributed by atoms with Gasteiger partial charge in [-0.2, -0.15) is 0 Å². The summed E-state index contributed by atoms with van der Waals surface area (Å²) in [6.45, 7) is 4.29. The van der Waals surface area contributed by atoms with Crippen molar-refractivity contribution < 1.29 is 14.7 Å². The predicted molar refractivity (Wildman–Crippen MR) is 83.2 cm³/mol. The highest BCUT2D eigenvalue weighted by molar-refractivity contribution is 5.97. The molecule has 0 heterocycles. The number of anilines is 1. The van der Waals surface area contributed by atoms with Gasteiger partial charge in [-0.1, -0.05) is 24.6 Å². The Labute approximate surface area is 125 Å². The molecule has 3 N–H and O–H groups in total. The van der Waals surface area contributed by atoms with Crippen LogP contribution < -0.4 is 10.6 Å². The van der Waals surface area contributed by atoms with Crippen LogP contribution in [0.4, 0.5) is 5.69 Å². The van der Waals surface area contributed by atoms with E-state index in [-0.39, 0.29) is 12.5 Å². The van der Waals surface area contributed by atoms with E-state index in [1.165, 1.54) is 4.90 Å². The van der Waals surface area contributed by atoms with Crippen molar-refractivity contribution in [3.05, 3.63) is 29.8 Å². The summed E-state index contributed by atoms with van der Waals surface area (Å²) in [5.41, 5.74) is 7.19. The number of carboxylic acids is 1. The Morgan fingerprint density at radius 1 is 1.24 bits per heavy atom. The number of carbonyl (C=O) groups is 2. The summed E-state index contributed by atoms with van der Waals surface area (Å²) in [6, 6.07) is 7.29. The fraction of sp³-hybridized carbons (Fsp3) is 0.500. The van der Waals surface area contributed by atoms with Gasteiger partial charge in [0.05, 0.1) is 0 Å². The molecule has 0 saturated heterocycles. The molecule has 0 aliphatic heterocycles. The van der Waals surface area contributed by atoms with Crippen molar-refractivity contribution >= 4 is 17.6 Å². The number of aryl methyl sites for hydroxylation is 1. The first-order valence-electron chi connectivity index (χ1n) is 7.23. The fourth-order valence-corrected chi connectivity index (χ4v) is 2.12. The van der Waals surface area contributed by atoms with Crippen molar-refractivity contribution in [1.29, 1.82) is 0 Å². The molecule has 5 heteroatoms. The van der Waals surface area contributed by atoms with Crippen LogP contribution >= 0.6 is 0 Å². The highest BCUT2D eigenvalue weighted by Gasteiger charge is 2.19. The van der Waals surface area contributed by atoms with Gasteiger partial charge in [0.2, 0.25) is 5.91 Å². The van der Waals surface area contributed by atoms with Crippen LogP contribution in [0.1, 0.15) is 31.7 Å². The molecule has 1 aromatic carbocycles.